The van der Waals surface area contributed by atoms with Crippen LogP contribution in [0.3, 0.4) is 0 Å². The fraction of sp³-hybridized carbons (Fsp3) is 0.812. The minimum atomic E-state index is 0.403. The number of hydrogen-bond acceptors (Lipinski definition) is 2. The predicted molar refractivity (Wildman–Crippen MR) is 82.2 cm³/mol. The van der Waals surface area contributed by atoms with E-state index in [2.05, 4.69) is 29.1 Å². The first-order valence-corrected chi connectivity index (χ1v) is 8.11. The lowest BCUT2D eigenvalue weighted by atomic mass is 10.0. The van der Waals surface area contributed by atoms with E-state index in [1.54, 1.807) is 0 Å². The Morgan fingerprint density at radius 1 is 1.05 bits per heavy atom. The lowest BCUT2D eigenvalue weighted by Crippen LogP contribution is -2.21. The van der Waals surface area contributed by atoms with E-state index in [9.17, 15) is 0 Å². The van der Waals surface area contributed by atoms with Crippen molar-refractivity contribution in [1.82, 2.24) is 15.3 Å². The van der Waals surface area contributed by atoms with Crippen molar-refractivity contribution in [2.24, 2.45) is 0 Å². The second kappa shape index (κ2) is 11.0. The molecule has 1 atom stereocenters. The van der Waals surface area contributed by atoms with E-state index in [-0.39, 0.29) is 0 Å². The van der Waals surface area contributed by atoms with E-state index < -0.39 is 0 Å². The van der Waals surface area contributed by atoms with Crippen molar-refractivity contribution in [2.45, 2.75) is 77.7 Å². The van der Waals surface area contributed by atoms with Crippen LogP contribution in [-0.2, 0) is 0 Å². The number of unbranched alkanes of at least 4 members (excludes halogenated alkanes) is 7. The van der Waals surface area contributed by atoms with Gasteiger partial charge in [-0.15, -0.1) is 0 Å². The Morgan fingerprint density at radius 2 is 1.74 bits per heavy atom. The number of imidazole rings is 1. The summed E-state index contributed by atoms with van der Waals surface area (Å²) in [5.41, 5.74) is 0. The maximum Gasteiger partial charge on any atom is 0.123 e. The molecule has 0 aliphatic rings. The van der Waals surface area contributed by atoms with Gasteiger partial charge in [0.2, 0.25) is 0 Å². The normalized spacial score (nSPS) is 12.7. The summed E-state index contributed by atoms with van der Waals surface area (Å²) >= 11 is 0. The number of nitrogens with zero attached hydrogens (tertiary/aromatic N) is 1. The number of rotatable bonds is 12. The molecular weight excluding hydrogens is 234 g/mol. The summed E-state index contributed by atoms with van der Waals surface area (Å²) in [6, 6.07) is 0.403. The van der Waals surface area contributed by atoms with Crippen molar-refractivity contribution in [2.75, 3.05) is 6.54 Å². The van der Waals surface area contributed by atoms with Crippen molar-refractivity contribution in [3.05, 3.63) is 18.2 Å². The van der Waals surface area contributed by atoms with Crippen molar-refractivity contribution < 1.29 is 0 Å². The molecule has 0 amide bonds. The van der Waals surface area contributed by atoms with E-state index in [0.717, 1.165) is 12.4 Å². The molecular formula is C16H31N3. The molecule has 0 saturated carbocycles. The van der Waals surface area contributed by atoms with Gasteiger partial charge in [0.1, 0.15) is 5.82 Å². The highest BCUT2D eigenvalue weighted by Crippen LogP contribution is 2.17. The van der Waals surface area contributed by atoms with Crippen LogP contribution in [0, 0.1) is 0 Å². The predicted octanol–water partition coefficient (Wildman–Crippen LogP) is 4.59. The lowest BCUT2D eigenvalue weighted by Gasteiger charge is -2.15. The van der Waals surface area contributed by atoms with Gasteiger partial charge in [0.05, 0.1) is 6.04 Å². The van der Waals surface area contributed by atoms with Gasteiger partial charge in [0.15, 0.2) is 0 Å². The van der Waals surface area contributed by atoms with Crippen LogP contribution in [0.15, 0.2) is 12.4 Å². The molecule has 3 heteroatoms. The molecule has 0 radical (unpaired) electrons. The first-order valence-electron chi connectivity index (χ1n) is 8.11. The zero-order valence-electron chi connectivity index (χ0n) is 12.8. The van der Waals surface area contributed by atoms with Crippen LogP contribution < -0.4 is 5.32 Å². The third kappa shape index (κ3) is 7.36. The highest BCUT2D eigenvalue weighted by atomic mass is 15.0. The van der Waals surface area contributed by atoms with Crippen LogP contribution in [-0.4, -0.2) is 16.5 Å². The summed E-state index contributed by atoms with van der Waals surface area (Å²) < 4.78 is 0. The highest BCUT2D eigenvalue weighted by Gasteiger charge is 2.11. The van der Waals surface area contributed by atoms with Crippen LogP contribution in [0.25, 0.3) is 0 Å². The zero-order chi connectivity index (χ0) is 13.8. The molecule has 0 aliphatic carbocycles. The fourth-order valence-corrected chi connectivity index (χ4v) is 2.53. The Kier molecular flexibility index (Phi) is 9.42. The molecule has 3 nitrogen and oxygen atoms in total. The van der Waals surface area contributed by atoms with Crippen molar-refractivity contribution >= 4 is 0 Å². The highest BCUT2D eigenvalue weighted by molar-refractivity contribution is 4.95. The molecule has 19 heavy (non-hydrogen) atoms. The average molecular weight is 265 g/mol. The van der Waals surface area contributed by atoms with E-state index in [4.69, 9.17) is 0 Å². The molecule has 1 heterocycles. The Balaban J connectivity index is 2.06. The standard InChI is InChI=1S/C16H31N3/c1-3-5-6-7-8-9-10-11-12-15(17-4-2)16-18-13-14-19-16/h13-15,17H,3-12H2,1-2H3,(H,18,19). The second-order valence-electron chi connectivity index (χ2n) is 5.35. The van der Waals surface area contributed by atoms with Gasteiger partial charge in [0, 0.05) is 12.4 Å². The van der Waals surface area contributed by atoms with Crippen LogP contribution in [0.1, 0.15) is 83.5 Å². The summed E-state index contributed by atoms with van der Waals surface area (Å²) in [4.78, 5) is 7.59. The second-order valence-corrected chi connectivity index (χ2v) is 5.35. The smallest absolute Gasteiger partial charge is 0.123 e. The van der Waals surface area contributed by atoms with Gasteiger partial charge in [-0.05, 0) is 13.0 Å². The summed E-state index contributed by atoms with van der Waals surface area (Å²) in [5.74, 6) is 1.09. The largest absolute Gasteiger partial charge is 0.347 e. The molecule has 1 unspecified atom stereocenters. The van der Waals surface area contributed by atoms with E-state index in [0.29, 0.717) is 6.04 Å². The molecule has 0 aromatic carbocycles. The van der Waals surface area contributed by atoms with Gasteiger partial charge in [-0.2, -0.15) is 0 Å². The van der Waals surface area contributed by atoms with Crippen LogP contribution in [0.2, 0.25) is 0 Å². The minimum Gasteiger partial charge on any atom is -0.347 e. The first-order chi connectivity index (χ1) is 9.38. The van der Waals surface area contributed by atoms with Crippen molar-refractivity contribution in [3.8, 4) is 0 Å². The third-order valence-corrected chi connectivity index (χ3v) is 3.65. The molecule has 0 aliphatic heterocycles. The van der Waals surface area contributed by atoms with Gasteiger partial charge in [-0.3, -0.25) is 0 Å². The topological polar surface area (TPSA) is 40.7 Å². The van der Waals surface area contributed by atoms with Crippen molar-refractivity contribution in [3.63, 3.8) is 0 Å². The maximum absolute atomic E-state index is 4.37. The maximum atomic E-state index is 4.37. The van der Waals surface area contributed by atoms with Gasteiger partial charge in [-0.1, -0.05) is 65.2 Å². The molecule has 0 saturated heterocycles. The fourth-order valence-electron chi connectivity index (χ4n) is 2.53. The Labute approximate surface area is 118 Å². The number of aromatic amines is 1. The monoisotopic (exact) mass is 265 g/mol. The number of aromatic nitrogens is 2. The average Bonchev–Trinajstić information content (AvgIpc) is 2.94. The molecule has 0 fully saturated rings. The SMILES string of the molecule is CCCCCCCCCCC(NCC)c1ncc[nH]1. The lowest BCUT2D eigenvalue weighted by molar-refractivity contribution is 0.460. The third-order valence-electron chi connectivity index (χ3n) is 3.65. The Morgan fingerprint density at radius 3 is 2.32 bits per heavy atom. The number of nitrogens with one attached hydrogen (secondary N) is 2. The minimum absolute atomic E-state index is 0.403. The van der Waals surface area contributed by atoms with Gasteiger partial charge < -0.3 is 10.3 Å². The molecule has 110 valence electrons. The Hall–Kier alpha value is -0.830. The Bertz CT molecular complexity index is 282. The molecule has 1 aromatic heterocycles. The molecule has 1 aromatic rings. The van der Waals surface area contributed by atoms with Crippen LogP contribution in [0.4, 0.5) is 0 Å². The van der Waals surface area contributed by atoms with E-state index in [1.807, 2.05) is 12.4 Å². The van der Waals surface area contributed by atoms with Crippen molar-refractivity contribution in [1.29, 1.82) is 0 Å². The summed E-state index contributed by atoms with van der Waals surface area (Å²) in [7, 11) is 0. The van der Waals surface area contributed by atoms with Gasteiger partial charge >= 0.3 is 0 Å². The summed E-state index contributed by atoms with van der Waals surface area (Å²) in [6.07, 6.45) is 16.0. The molecule has 0 spiro atoms. The summed E-state index contributed by atoms with van der Waals surface area (Å²) in [6.45, 7) is 5.43. The number of hydrogen-bond donors (Lipinski definition) is 2. The molecule has 0 bridgehead atoms. The zero-order valence-corrected chi connectivity index (χ0v) is 12.8. The van der Waals surface area contributed by atoms with Crippen LogP contribution >= 0.6 is 0 Å². The van der Waals surface area contributed by atoms with Gasteiger partial charge in [0.25, 0.3) is 0 Å². The quantitative estimate of drug-likeness (QED) is 0.543. The van der Waals surface area contributed by atoms with Gasteiger partial charge in [-0.25, -0.2) is 4.98 Å². The van der Waals surface area contributed by atoms with E-state index in [1.165, 1.54) is 57.8 Å². The molecule has 1 rings (SSSR count). The van der Waals surface area contributed by atoms with Crippen LogP contribution in [0.5, 0.6) is 0 Å². The summed E-state index contributed by atoms with van der Waals surface area (Å²) in [5, 5.41) is 3.51. The first kappa shape index (κ1) is 16.2. The number of H-pyrrole nitrogens is 1. The molecule has 2 N–H and O–H groups in total. The van der Waals surface area contributed by atoms with E-state index >= 15 is 0 Å².